The van der Waals surface area contributed by atoms with Gasteiger partial charge in [-0.3, -0.25) is 4.57 Å². The van der Waals surface area contributed by atoms with E-state index in [1.807, 2.05) is 0 Å². The molecule has 2 aromatic heterocycles. The van der Waals surface area contributed by atoms with Gasteiger partial charge in [-0.1, -0.05) is 0 Å². The molecule has 19 heavy (non-hydrogen) atoms. The van der Waals surface area contributed by atoms with Crippen molar-refractivity contribution < 1.29 is 14.9 Å². The smallest absolute Gasteiger partial charge is 0.207 e. The van der Waals surface area contributed by atoms with Crippen LogP contribution in [0.2, 0.25) is 5.28 Å². The summed E-state index contributed by atoms with van der Waals surface area (Å²) >= 11 is 6.06. The molecular weight excluding hydrogens is 274 g/mol. The normalized spacial score (nSPS) is 27.2. The van der Waals surface area contributed by atoms with Gasteiger partial charge in [0.2, 0.25) is 5.28 Å². The molecule has 1 aliphatic heterocycles. The van der Waals surface area contributed by atoms with Gasteiger partial charge in [0.1, 0.15) is 18.7 Å². The van der Waals surface area contributed by atoms with Gasteiger partial charge in [0.05, 0.1) is 12.7 Å². The SMILES string of the molecule is Nc1ncnc2c1nc(Cl)n2[C@H]1C[C@@H](O)[C@H](CO)O1. The minimum Gasteiger partial charge on any atom is -0.394 e. The lowest BCUT2D eigenvalue weighted by molar-refractivity contribution is -0.0431. The molecule has 0 unspecified atom stereocenters. The summed E-state index contributed by atoms with van der Waals surface area (Å²) in [6, 6.07) is 0. The number of nitrogens with zero attached hydrogens (tertiary/aromatic N) is 4. The molecule has 0 spiro atoms. The number of aliphatic hydroxyl groups excluding tert-OH is 2. The highest BCUT2D eigenvalue weighted by Crippen LogP contribution is 2.34. The van der Waals surface area contributed by atoms with Crippen molar-refractivity contribution in [2.45, 2.75) is 24.9 Å². The van der Waals surface area contributed by atoms with Crippen LogP contribution in [-0.2, 0) is 4.74 Å². The van der Waals surface area contributed by atoms with Gasteiger partial charge in [-0.05, 0) is 11.6 Å². The lowest BCUT2D eigenvalue weighted by Crippen LogP contribution is -2.24. The lowest BCUT2D eigenvalue weighted by Gasteiger charge is -2.14. The molecule has 0 aliphatic carbocycles. The molecule has 1 saturated heterocycles. The fraction of sp³-hybridized carbons (Fsp3) is 0.500. The molecule has 0 aromatic carbocycles. The van der Waals surface area contributed by atoms with Gasteiger partial charge in [-0.2, -0.15) is 0 Å². The minimum absolute atomic E-state index is 0.151. The van der Waals surface area contributed by atoms with E-state index in [4.69, 9.17) is 27.2 Å². The molecule has 0 bridgehead atoms. The zero-order valence-corrected chi connectivity index (χ0v) is 10.5. The van der Waals surface area contributed by atoms with Crippen molar-refractivity contribution in [1.29, 1.82) is 0 Å². The third-order valence-electron chi connectivity index (χ3n) is 3.13. The van der Waals surface area contributed by atoms with Crippen molar-refractivity contribution in [2.24, 2.45) is 0 Å². The molecule has 0 saturated carbocycles. The van der Waals surface area contributed by atoms with E-state index in [0.717, 1.165) is 0 Å². The average Bonchev–Trinajstić information content (AvgIpc) is 2.90. The number of halogens is 1. The summed E-state index contributed by atoms with van der Waals surface area (Å²) in [5.74, 6) is 0.225. The molecule has 2 aromatic rings. The summed E-state index contributed by atoms with van der Waals surface area (Å²) in [6.07, 6.45) is -0.346. The highest BCUT2D eigenvalue weighted by atomic mass is 35.5. The fourth-order valence-electron chi connectivity index (χ4n) is 2.19. The number of imidazole rings is 1. The molecule has 3 atom stereocenters. The molecular formula is C10H12ClN5O3. The highest BCUT2D eigenvalue weighted by Gasteiger charge is 2.36. The van der Waals surface area contributed by atoms with Crippen LogP contribution in [0.1, 0.15) is 12.6 Å². The van der Waals surface area contributed by atoms with E-state index in [2.05, 4.69) is 15.0 Å². The van der Waals surface area contributed by atoms with Crippen LogP contribution >= 0.6 is 11.6 Å². The number of rotatable bonds is 2. The number of anilines is 1. The van der Waals surface area contributed by atoms with Gasteiger partial charge in [0.25, 0.3) is 0 Å². The van der Waals surface area contributed by atoms with Crippen LogP contribution in [0.4, 0.5) is 5.82 Å². The summed E-state index contributed by atoms with van der Waals surface area (Å²) in [7, 11) is 0. The van der Waals surface area contributed by atoms with Crippen molar-refractivity contribution in [3.8, 4) is 0 Å². The van der Waals surface area contributed by atoms with Gasteiger partial charge in [-0.25, -0.2) is 15.0 Å². The Bertz CT molecular complexity index is 618. The van der Waals surface area contributed by atoms with Crippen LogP contribution < -0.4 is 5.73 Å². The zero-order valence-electron chi connectivity index (χ0n) is 9.77. The maximum atomic E-state index is 9.76. The third kappa shape index (κ3) is 1.93. The minimum atomic E-state index is -0.761. The van der Waals surface area contributed by atoms with Crippen molar-refractivity contribution in [1.82, 2.24) is 19.5 Å². The summed E-state index contributed by atoms with van der Waals surface area (Å²) < 4.78 is 7.07. The molecule has 8 nitrogen and oxygen atoms in total. The predicted molar refractivity (Wildman–Crippen MR) is 66.4 cm³/mol. The monoisotopic (exact) mass is 285 g/mol. The number of nitrogens with two attached hydrogens (primary N) is 1. The summed E-state index contributed by atoms with van der Waals surface area (Å²) in [5.41, 5.74) is 6.53. The summed E-state index contributed by atoms with van der Waals surface area (Å²) in [6.45, 7) is -0.265. The lowest BCUT2D eigenvalue weighted by atomic mass is 10.2. The Hall–Kier alpha value is -1.48. The Balaban J connectivity index is 2.06. The van der Waals surface area contributed by atoms with E-state index in [-0.39, 0.29) is 17.7 Å². The van der Waals surface area contributed by atoms with E-state index < -0.39 is 18.4 Å². The van der Waals surface area contributed by atoms with Crippen LogP contribution in [-0.4, -0.2) is 48.5 Å². The summed E-state index contributed by atoms with van der Waals surface area (Å²) in [5, 5.41) is 19.0. The van der Waals surface area contributed by atoms with Crippen LogP contribution in [0.5, 0.6) is 0 Å². The first-order valence-corrected chi connectivity index (χ1v) is 6.08. The zero-order chi connectivity index (χ0) is 13.6. The molecule has 1 fully saturated rings. The number of hydrogen-bond donors (Lipinski definition) is 3. The van der Waals surface area contributed by atoms with Crippen molar-refractivity contribution >= 4 is 28.6 Å². The molecule has 9 heteroatoms. The van der Waals surface area contributed by atoms with Gasteiger partial charge >= 0.3 is 0 Å². The van der Waals surface area contributed by atoms with Crippen molar-refractivity contribution in [3.63, 3.8) is 0 Å². The molecule has 4 N–H and O–H groups in total. The van der Waals surface area contributed by atoms with Gasteiger partial charge in [0.15, 0.2) is 17.0 Å². The van der Waals surface area contributed by atoms with E-state index in [0.29, 0.717) is 17.6 Å². The van der Waals surface area contributed by atoms with E-state index in [9.17, 15) is 5.11 Å². The number of ether oxygens (including phenoxy) is 1. The van der Waals surface area contributed by atoms with Crippen LogP contribution in [0.15, 0.2) is 6.33 Å². The summed E-state index contributed by atoms with van der Waals surface area (Å²) in [4.78, 5) is 12.0. The van der Waals surface area contributed by atoms with E-state index in [1.165, 1.54) is 10.9 Å². The van der Waals surface area contributed by atoms with E-state index >= 15 is 0 Å². The molecule has 0 amide bonds. The maximum absolute atomic E-state index is 9.76. The Morgan fingerprint density at radius 1 is 1.53 bits per heavy atom. The third-order valence-corrected chi connectivity index (χ3v) is 3.40. The topological polar surface area (TPSA) is 119 Å². The number of aliphatic hydroxyl groups is 2. The Morgan fingerprint density at radius 3 is 3.00 bits per heavy atom. The predicted octanol–water partition coefficient (Wildman–Crippen LogP) is -0.297. The van der Waals surface area contributed by atoms with Crippen molar-refractivity contribution in [3.05, 3.63) is 11.6 Å². The maximum Gasteiger partial charge on any atom is 0.207 e. The first-order chi connectivity index (χ1) is 9.11. The van der Waals surface area contributed by atoms with Gasteiger partial charge in [0, 0.05) is 6.42 Å². The number of nitrogen functional groups attached to an aromatic ring is 1. The second-order valence-corrected chi connectivity index (χ2v) is 4.63. The molecule has 3 rings (SSSR count). The Labute approximate surface area is 112 Å². The quantitative estimate of drug-likeness (QED) is 0.648. The molecule has 102 valence electrons. The highest BCUT2D eigenvalue weighted by molar-refractivity contribution is 6.29. The number of aromatic nitrogens is 4. The Morgan fingerprint density at radius 2 is 2.32 bits per heavy atom. The number of hydrogen-bond acceptors (Lipinski definition) is 7. The van der Waals surface area contributed by atoms with Crippen LogP contribution in [0.3, 0.4) is 0 Å². The fourth-order valence-corrected chi connectivity index (χ4v) is 2.47. The Kier molecular flexibility index (Phi) is 3.02. The first kappa shape index (κ1) is 12.5. The molecule has 0 radical (unpaired) electrons. The number of fused-ring (bicyclic) bond motifs is 1. The molecule has 3 heterocycles. The average molecular weight is 286 g/mol. The van der Waals surface area contributed by atoms with Crippen LogP contribution in [0.25, 0.3) is 11.2 Å². The molecule has 1 aliphatic rings. The standard InChI is InChI=1S/C10H12ClN5O3/c11-10-15-7-8(12)13-3-14-9(7)16(10)6-1-4(18)5(2-17)19-6/h3-6,17-18H,1-2H2,(H2,12,13,14)/t4-,5+,6-/m1/s1. The second kappa shape index (κ2) is 4.57. The van der Waals surface area contributed by atoms with Gasteiger partial charge < -0.3 is 20.7 Å². The van der Waals surface area contributed by atoms with E-state index in [1.54, 1.807) is 0 Å². The van der Waals surface area contributed by atoms with Gasteiger partial charge in [-0.15, -0.1) is 0 Å². The largest absolute Gasteiger partial charge is 0.394 e. The second-order valence-electron chi connectivity index (χ2n) is 4.30. The van der Waals surface area contributed by atoms with Crippen molar-refractivity contribution in [2.75, 3.05) is 12.3 Å². The first-order valence-electron chi connectivity index (χ1n) is 5.70. The van der Waals surface area contributed by atoms with Crippen LogP contribution in [0, 0.1) is 0 Å².